The summed E-state index contributed by atoms with van der Waals surface area (Å²) in [5, 5.41) is 0. The van der Waals surface area contributed by atoms with Gasteiger partial charge in [-0.15, -0.1) is 0 Å². The van der Waals surface area contributed by atoms with Gasteiger partial charge in [0.05, 0.1) is 0 Å². The molecule has 62 valence electrons. The van der Waals surface area contributed by atoms with Gasteiger partial charge in [0.25, 0.3) is 0 Å². The maximum Gasteiger partial charge on any atom is -0.0391 e. The van der Waals surface area contributed by atoms with Crippen LogP contribution < -0.4 is 0 Å². The first-order valence-electron chi connectivity index (χ1n) is 4.84. The van der Waals surface area contributed by atoms with Crippen molar-refractivity contribution in [3.8, 4) is 0 Å². The highest BCUT2D eigenvalue weighted by molar-refractivity contribution is 4.72. The molecule has 0 spiro atoms. The molecular weight excluding hydrogens is 120 g/mol. The summed E-state index contributed by atoms with van der Waals surface area (Å²) in [6.07, 6.45) is 5.87. The van der Waals surface area contributed by atoms with Crippen molar-refractivity contribution in [1.82, 2.24) is 0 Å². The van der Waals surface area contributed by atoms with Crippen LogP contribution in [-0.2, 0) is 0 Å². The molecule has 1 rings (SSSR count). The lowest BCUT2D eigenvalue weighted by atomic mass is 9.96. The minimum Gasteiger partial charge on any atom is -0.0683 e. The van der Waals surface area contributed by atoms with E-state index in [9.17, 15) is 0 Å². The van der Waals surface area contributed by atoms with E-state index in [4.69, 9.17) is 0 Å². The molecule has 1 saturated carbocycles. The quantitative estimate of drug-likeness (QED) is 0.521. The average molecular weight is 142 g/mol. The standard InChI is InChI=1S/C8H16.C2H6/c1-3-8-6-4-5-7(8)2;1-2/h7-8H,3-6H2,1-2H3;1-2H3/t7-,8?;/m0./s1. The molecule has 1 aliphatic carbocycles. The molecule has 0 aromatic rings. The summed E-state index contributed by atoms with van der Waals surface area (Å²) in [4.78, 5) is 0. The summed E-state index contributed by atoms with van der Waals surface area (Å²) < 4.78 is 0. The van der Waals surface area contributed by atoms with Gasteiger partial charge in [0.2, 0.25) is 0 Å². The summed E-state index contributed by atoms with van der Waals surface area (Å²) in [5.41, 5.74) is 0. The van der Waals surface area contributed by atoms with Gasteiger partial charge in [-0.2, -0.15) is 0 Å². The summed E-state index contributed by atoms with van der Waals surface area (Å²) in [6.45, 7) is 8.70. The Hall–Kier alpha value is 0. The Bertz CT molecular complexity index is 66.4. The first-order valence-corrected chi connectivity index (χ1v) is 4.84. The van der Waals surface area contributed by atoms with Crippen molar-refractivity contribution in [2.24, 2.45) is 11.8 Å². The molecule has 1 fully saturated rings. The van der Waals surface area contributed by atoms with Crippen LogP contribution in [0.3, 0.4) is 0 Å². The Morgan fingerprint density at radius 1 is 1.20 bits per heavy atom. The molecule has 0 bridgehead atoms. The summed E-state index contributed by atoms with van der Waals surface area (Å²) >= 11 is 0. The van der Waals surface area contributed by atoms with Crippen LogP contribution in [0.1, 0.15) is 53.4 Å². The van der Waals surface area contributed by atoms with Crippen molar-refractivity contribution in [3.63, 3.8) is 0 Å². The molecule has 2 atom stereocenters. The van der Waals surface area contributed by atoms with Crippen LogP contribution in [0, 0.1) is 11.8 Å². The van der Waals surface area contributed by atoms with E-state index in [1.165, 1.54) is 25.7 Å². The van der Waals surface area contributed by atoms with Crippen LogP contribution >= 0.6 is 0 Å². The fourth-order valence-electron chi connectivity index (χ4n) is 1.83. The zero-order valence-corrected chi connectivity index (χ0v) is 7.98. The zero-order chi connectivity index (χ0) is 7.98. The molecule has 1 aliphatic rings. The van der Waals surface area contributed by atoms with Crippen LogP contribution in [0.4, 0.5) is 0 Å². The molecule has 0 saturated heterocycles. The van der Waals surface area contributed by atoms with Crippen molar-refractivity contribution in [2.75, 3.05) is 0 Å². The molecule has 0 nitrogen and oxygen atoms in total. The lowest BCUT2D eigenvalue weighted by Crippen LogP contribution is -2.00. The van der Waals surface area contributed by atoms with E-state index in [1.807, 2.05) is 13.8 Å². The van der Waals surface area contributed by atoms with E-state index in [2.05, 4.69) is 13.8 Å². The largest absolute Gasteiger partial charge is 0.0683 e. The SMILES string of the molecule is CC.CCC1CCC[C@@H]1C. The molecular formula is C10H22. The highest BCUT2D eigenvalue weighted by atomic mass is 14.3. The monoisotopic (exact) mass is 142 g/mol. The van der Waals surface area contributed by atoms with Crippen molar-refractivity contribution >= 4 is 0 Å². The van der Waals surface area contributed by atoms with E-state index in [0.29, 0.717) is 0 Å². The zero-order valence-electron chi connectivity index (χ0n) is 7.98. The molecule has 1 unspecified atom stereocenters. The minimum atomic E-state index is 1.03. The second-order valence-electron chi connectivity index (χ2n) is 3.08. The van der Waals surface area contributed by atoms with E-state index in [1.54, 1.807) is 0 Å². The lowest BCUT2D eigenvalue weighted by molar-refractivity contribution is 0.407. The van der Waals surface area contributed by atoms with Crippen LogP contribution in [0.5, 0.6) is 0 Å². The lowest BCUT2D eigenvalue weighted by Gasteiger charge is -2.10. The van der Waals surface area contributed by atoms with E-state index < -0.39 is 0 Å². The molecule has 0 heterocycles. The molecule has 0 amide bonds. The van der Waals surface area contributed by atoms with Crippen molar-refractivity contribution in [1.29, 1.82) is 0 Å². The fourth-order valence-corrected chi connectivity index (χ4v) is 1.83. The summed E-state index contributed by atoms with van der Waals surface area (Å²) in [6, 6.07) is 0. The summed E-state index contributed by atoms with van der Waals surface area (Å²) in [7, 11) is 0. The van der Waals surface area contributed by atoms with Gasteiger partial charge in [0.15, 0.2) is 0 Å². The van der Waals surface area contributed by atoms with E-state index >= 15 is 0 Å². The smallest absolute Gasteiger partial charge is 0.0391 e. The predicted octanol–water partition coefficient (Wildman–Crippen LogP) is 3.86. The van der Waals surface area contributed by atoms with E-state index in [-0.39, 0.29) is 0 Å². The highest BCUT2D eigenvalue weighted by Crippen LogP contribution is 2.32. The maximum atomic E-state index is 2.39. The van der Waals surface area contributed by atoms with Crippen molar-refractivity contribution in [2.45, 2.75) is 53.4 Å². The van der Waals surface area contributed by atoms with Gasteiger partial charge >= 0.3 is 0 Å². The van der Waals surface area contributed by atoms with Gasteiger partial charge in [-0.1, -0.05) is 53.4 Å². The minimum absolute atomic E-state index is 1.03. The molecule has 0 heteroatoms. The topological polar surface area (TPSA) is 0 Å². The van der Waals surface area contributed by atoms with Crippen LogP contribution in [0.25, 0.3) is 0 Å². The molecule has 0 aromatic carbocycles. The third-order valence-corrected chi connectivity index (χ3v) is 2.56. The van der Waals surface area contributed by atoms with Gasteiger partial charge in [-0.25, -0.2) is 0 Å². The van der Waals surface area contributed by atoms with Crippen LogP contribution in [0.15, 0.2) is 0 Å². The number of rotatable bonds is 1. The van der Waals surface area contributed by atoms with Crippen molar-refractivity contribution in [3.05, 3.63) is 0 Å². The third kappa shape index (κ3) is 2.72. The van der Waals surface area contributed by atoms with Crippen LogP contribution in [-0.4, -0.2) is 0 Å². The molecule has 0 radical (unpaired) electrons. The first kappa shape index (κ1) is 10.0. The first-order chi connectivity index (χ1) is 4.84. The van der Waals surface area contributed by atoms with Crippen molar-refractivity contribution < 1.29 is 0 Å². The summed E-state index contributed by atoms with van der Waals surface area (Å²) in [5.74, 6) is 2.09. The molecule has 0 aromatic heterocycles. The second kappa shape index (κ2) is 5.76. The Balaban J connectivity index is 0.000000371. The second-order valence-corrected chi connectivity index (χ2v) is 3.08. The highest BCUT2D eigenvalue weighted by Gasteiger charge is 2.20. The Morgan fingerprint density at radius 3 is 2.00 bits per heavy atom. The maximum absolute atomic E-state index is 2.39. The van der Waals surface area contributed by atoms with Gasteiger partial charge in [0, 0.05) is 0 Å². The Kier molecular flexibility index (Phi) is 5.76. The van der Waals surface area contributed by atoms with Gasteiger partial charge in [-0.3, -0.25) is 0 Å². The normalized spacial score (nSPS) is 31.2. The van der Waals surface area contributed by atoms with Crippen LogP contribution in [0.2, 0.25) is 0 Å². The van der Waals surface area contributed by atoms with E-state index in [0.717, 1.165) is 11.8 Å². The fraction of sp³-hybridized carbons (Fsp3) is 1.00. The molecule has 0 N–H and O–H groups in total. The molecule has 10 heavy (non-hydrogen) atoms. The third-order valence-electron chi connectivity index (χ3n) is 2.56. The Morgan fingerprint density at radius 2 is 1.80 bits per heavy atom. The van der Waals surface area contributed by atoms with Gasteiger partial charge < -0.3 is 0 Å². The van der Waals surface area contributed by atoms with Gasteiger partial charge in [-0.05, 0) is 11.8 Å². The Labute approximate surface area is 66.0 Å². The van der Waals surface area contributed by atoms with Gasteiger partial charge in [0.1, 0.15) is 0 Å². The molecule has 0 aliphatic heterocycles. The average Bonchev–Trinajstić information content (AvgIpc) is 2.39. The number of hydrogen-bond acceptors (Lipinski definition) is 0. The number of hydrogen-bond donors (Lipinski definition) is 0. The predicted molar refractivity (Wildman–Crippen MR) is 48.1 cm³/mol.